The van der Waals surface area contributed by atoms with E-state index >= 15 is 0 Å². The van der Waals surface area contributed by atoms with Crippen LogP contribution >= 0.6 is 0 Å². The second-order valence-corrected chi connectivity index (χ2v) is 6.77. The van der Waals surface area contributed by atoms with Gasteiger partial charge in [-0.1, -0.05) is 42.5 Å². The molecule has 3 nitrogen and oxygen atoms in total. The van der Waals surface area contributed by atoms with E-state index in [9.17, 15) is 9.32 Å². The molecule has 0 aliphatic carbocycles. The molecule has 4 heteroatoms. The lowest BCUT2D eigenvalue weighted by Gasteiger charge is -2.23. The number of benzene rings is 2. The normalized spacial score (nSPS) is 15.2. The molecular formula is C18H23NO2S. The van der Waals surface area contributed by atoms with Crippen LogP contribution in [0.4, 0.5) is 0 Å². The van der Waals surface area contributed by atoms with Gasteiger partial charge >= 0.3 is 0 Å². The average Bonchev–Trinajstić information content (AvgIpc) is 2.55. The minimum Gasteiger partial charge on any atom is -0.396 e. The Morgan fingerprint density at radius 1 is 1.05 bits per heavy atom. The van der Waals surface area contributed by atoms with E-state index < -0.39 is 10.8 Å². The van der Waals surface area contributed by atoms with Crippen molar-refractivity contribution in [2.45, 2.75) is 30.3 Å². The Labute approximate surface area is 134 Å². The number of hydrogen-bond acceptors (Lipinski definition) is 3. The van der Waals surface area contributed by atoms with Gasteiger partial charge in [0.25, 0.3) is 0 Å². The summed E-state index contributed by atoms with van der Waals surface area (Å²) in [5, 5.41) is 12.9. The highest BCUT2D eigenvalue weighted by Crippen LogP contribution is 2.22. The van der Waals surface area contributed by atoms with Gasteiger partial charge in [-0.05, 0) is 36.6 Å². The first-order valence-corrected chi connectivity index (χ1v) is 9.03. The first kappa shape index (κ1) is 16.9. The number of nitrogens with one attached hydrogen (secondary N) is 1. The lowest BCUT2D eigenvalue weighted by molar-refractivity contribution is 0.260. The zero-order valence-electron chi connectivity index (χ0n) is 13.0. The monoisotopic (exact) mass is 317 g/mol. The van der Waals surface area contributed by atoms with Crippen LogP contribution < -0.4 is 5.32 Å². The molecule has 0 radical (unpaired) electrons. The summed E-state index contributed by atoms with van der Waals surface area (Å²) in [5.41, 5.74) is 2.32. The Bertz CT molecular complexity index is 598. The summed E-state index contributed by atoms with van der Waals surface area (Å²) in [4.78, 5) is 0.839. The Hall–Kier alpha value is -1.49. The Morgan fingerprint density at radius 3 is 2.23 bits per heavy atom. The minimum atomic E-state index is -0.947. The quantitative estimate of drug-likeness (QED) is 0.824. The molecule has 0 saturated carbocycles. The SMILES string of the molecule is CC(N[C@H](CCO)c1ccccc1)c1ccc(S(C)=O)cc1. The second-order valence-electron chi connectivity index (χ2n) is 5.39. The van der Waals surface area contributed by atoms with E-state index in [4.69, 9.17) is 0 Å². The summed E-state index contributed by atoms with van der Waals surface area (Å²) in [7, 11) is -0.947. The van der Waals surface area contributed by atoms with Crippen LogP contribution in [0.2, 0.25) is 0 Å². The van der Waals surface area contributed by atoms with E-state index in [0.717, 1.165) is 10.5 Å². The first-order chi connectivity index (χ1) is 10.6. The van der Waals surface area contributed by atoms with Gasteiger partial charge in [0.05, 0.1) is 0 Å². The van der Waals surface area contributed by atoms with Crippen molar-refractivity contribution >= 4 is 10.8 Å². The van der Waals surface area contributed by atoms with Gasteiger partial charge < -0.3 is 10.4 Å². The molecule has 2 aromatic carbocycles. The third kappa shape index (κ3) is 4.50. The van der Waals surface area contributed by atoms with Gasteiger partial charge in [0.2, 0.25) is 0 Å². The lowest BCUT2D eigenvalue weighted by atomic mass is 10.0. The molecule has 0 aromatic heterocycles. The van der Waals surface area contributed by atoms with E-state index in [1.165, 1.54) is 5.56 Å². The zero-order valence-corrected chi connectivity index (χ0v) is 13.8. The Balaban J connectivity index is 2.10. The second kappa shape index (κ2) is 8.22. The van der Waals surface area contributed by atoms with Crippen molar-refractivity contribution in [3.05, 3.63) is 65.7 Å². The average molecular weight is 317 g/mol. The summed E-state index contributed by atoms with van der Waals surface area (Å²) in [6, 6.07) is 18.3. The van der Waals surface area contributed by atoms with E-state index in [1.54, 1.807) is 6.26 Å². The number of aliphatic hydroxyl groups is 1. The minimum absolute atomic E-state index is 0.112. The molecule has 0 fully saturated rings. The molecule has 0 aliphatic heterocycles. The molecule has 0 bridgehead atoms. The van der Waals surface area contributed by atoms with E-state index in [-0.39, 0.29) is 18.7 Å². The van der Waals surface area contributed by atoms with Crippen molar-refractivity contribution in [2.24, 2.45) is 0 Å². The fraction of sp³-hybridized carbons (Fsp3) is 0.333. The fourth-order valence-corrected chi connectivity index (χ4v) is 3.03. The molecule has 0 amide bonds. The Kier molecular flexibility index (Phi) is 6.31. The molecule has 0 saturated heterocycles. The summed E-state index contributed by atoms with van der Waals surface area (Å²) >= 11 is 0. The molecule has 3 atom stereocenters. The van der Waals surface area contributed by atoms with Crippen LogP contribution in [0.15, 0.2) is 59.5 Å². The number of aliphatic hydroxyl groups excluding tert-OH is 1. The predicted octanol–water partition coefficient (Wildman–Crippen LogP) is 3.20. The van der Waals surface area contributed by atoms with Gasteiger partial charge in [-0.2, -0.15) is 0 Å². The molecular weight excluding hydrogens is 294 g/mol. The van der Waals surface area contributed by atoms with Crippen LogP contribution in [0.25, 0.3) is 0 Å². The molecule has 0 aliphatic rings. The van der Waals surface area contributed by atoms with Crippen LogP contribution in [0.3, 0.4) is 0 Å². The van der Waals surface area contributed by atoms with Crippen molar-refractivity contribution in [2.75, 3.05) is 12.9 Å². The van der Waals surface area contributed by atoms with Gasteiger partial charge in [0.1, 0.15) is 0 Å². The van der Waals surface area contributed by atoms with Gasteiger partial charge in [-0.15, -0.1) is 0 Å². The fourth-order valence-electron chi connectivity index (χ4n) is 2.51. The third-order valence-electron chi connectivity index (χ3n) is 3.78. The highest BCUT2D eigenvalue weighted by atomic mass is 32.2. The standard InChI is InChI=1S/C18H23NO2S/c1-14(15-8-10-17(11-9-15)22(2)21)19-18(12-13-20)16-6-4-3-5-7-16/h3-11,14,18-20H,12-13H2,1-2H3/t14?,18-,22?/m1/s1. The van der Waals surface area contributed by atoms with Crippen molar-refractivity contribution in [3.63, 3.8) is 0 Å². The summed E-state index contributed by atoms with van der Waals surface area (Å²) in [6.07, 6.45) is 2.36. The summed E-state index contributed by atoms with van der Waals surface area (Å²) in [5.74, 6) is 0. The van der Waals surface area contributed by atoms with Gasteiger partial charge in [0, 0.05) is 40.6 Å². The Morgan fingerprint density at radius 2 is 1.68 bits per heavy atom. The zero-order chi connectivity index (χ0) is 15.9. The largest absolute Gasteiger partial charge is 0.396 e. The van der Waals surface area contributed by atoms with Gasteiger partial charge in [-0.25, -0.2) is 0 Å². The van der Waals surface area contributed by atoms with Gasteiger partial charge in [-0.3, -0.25) is 4.21 Å². The van der Waals surface area contributed by atoms with Crippen LogP contribution in [-0.2, 0) is 10.8 Å². The molecule has 0 heterocycles. The van der Waals surface area contributed by atoms with E-state index in [0.29, 0.717) is 6.42 Å². The van der Waals surface area contributed by atoms with E-state index in [1.807, 2.05) is 42.5 Å². The first-order valence-electron chi connectivity index (χ1n) is 7.47. The molecule has 118 valence electrons. The highest BCUT2D eigenvalue weighted by Gasteiger charge is 2.15. The predicted molar refractivity (Wildman–Crippen MR) is 91.2 cm³/mol. The maximum Gasteiger partial charge on any atom is 0.0498 e. The molecule has 2 aromatic rings. The lowest BCUT2D eigenvalue weighted by Crippen LogP contribution is -2.25. The van der Waals surface area contributed by atoms with Crippen molar-refractivity contribution in [1.82, 2.24) is 5.32 Å². The van der Waals surface area contributed by atoms with E-state index in [2.05, 4.69) is 24.4 Å². The van der Waals surface area contributed by atoms with Crippen LogP contribution in [-0.4, -0.2) is 22.2 Å². The molecule has 22 heavy (non-hydrogen) atoms. The van der Waals surface area contributed by atoms with Crippen LogP contribution in [0, 0.1) is 0 Å². The van der Waals surface area contributed by atoms with Gasteiger partial charge in [0.15, 0.2) is 0 Å². The number of rotatable bonds is 7. The van der Waals surface area contributed by atoms with Crippen molar-refractivity contribution in [3.8, 4) is 0 Å². The van der Waals surface area contributed by atoms with Crippen molar-refractivity contribution < 1.29 is 9.32 Å². The van der Waals surface area contributed by atoms with Crippen molar-refractivity contribution in [1.29, 1.82) is 0 Å². The number of hydrogen-bond donors (Lipinski definition) is 2. The molecule has 2 rings (SSSR count). The highest BCUT2D eigenvalue weighted by molar-refractivity contribution is 7.84. The maximum atomic E-state index is 11.4. The summed E-state index contributed by atoms with van der Waals surface area (Å²) in [6.45, 7) is 2.25. The smallest absolute Gasteiger partial charge is 0.0498 e. The third-order valence-corrected chi connectivity index (χ3v) is 4.72. The molecule has 0 spiro atoms. The molecule has 2 N–H and O–H groups in total. The van der Waals surface area contributed by atoms with Crippen LogP contribution in [0.1, 0.15) is 36.6 Å². The topological polar surface area (TPSA) is 49.3 Å². The summed E-state index contributed by atoms with van der Waals surface area (Å²) < 4.78 is 11.4. The molecule has 2 unspecified atom stereocenters. The maximum absolute atomic E-state index is 11.4. The van der Waals surface area contributed by atoms with Crippen LogP contribution in [0.5, 0.6) is 0 Å².